The number of carbonyl (C=O) groups excluding carboxylic acids is 1. The molecule has 23 heavy (non-hydrogen) atoms. The molecule has 2 heterocycles. The van der Waals surface area contributed by atoms with Crippen LogP contribution < -0.4 is 10.4 Å². The van der Waals surface area contributed by atoms with Crippen molar-refractivity contribution in [3.8, 4) is 5.75 Å². The third-order valence-corrected chi connectivity index (χ3v) is 4.62. The molecule has 2 aromatic heterocycles. The fraction of sp³-hybridized carbons (Fsp3) is 0.125. The minimum absolute atomic E-state index is 0.236. The summed E-state index contributed by atoms with van der Waals surface area (Å²) in [7, 11) is 0. The molecule has 0 atom stereocenters. The lowest BCUT2D eigenvalue weighted by Gasteiger charge is -2.07. The Labute approximate surface area is 145 Å². The first-order valence-electron chi connectivity index (χ1n) is 6.58. The van der Waals surface area contributed by atoms with Gasteiger partial charge >= 0.3 is 5.63 Å². The molecule has 0 fully saturated rings. The van der Waals surface area contributed by atoms with Crippen LogP contribution >= 0.6 is 34.5 Å². The molecule has 0 aliphatic carbocycles. The molecule has 0 unspecified atom stereocenters. The van der Waals surface area contributed by atoms with Gasteiger partial charge in [-0.3, -0.25) is 4.79 Å². The summed E-state index contributed by atoms with van der Waals surface area (Å²) < 4.78 is 11.2. The number of carbonyl (C=O) groups is 1. The van der Waals surface area contributed by atoms with Gasteiger partial charge in [0, 0.05) is 20.7 Å². The Kier molecular flexibility index (Phi) is 4.43. The quantitative estimate of drug-likeness (QED) is 0.624. The van der Waals surface area contributed by atoms with Crippen LogP contribution in [0, 0.1) is 6.92 Å². The molecule has 0 aliphatic rings. The van der Waals surface area contributed by atoms with Crippen molar-refractivity contribution in [3.63, 3.8) is 0 Å². The minimum atomic E-state index is -0.519. The van der Waals surface area contributed by atoms with Crippen molar-refractivity contribution in [1.29, 1.82) is 0 Å². The van der Waals surface area contributed by atoms with Gasteiger partial charge in [-0.05, 0) is 31.2 Å². The van der Waals surface area contributed by atoms with Crippen LogP contribution in [0.3, 0.4) is 0 Å². The first-order valence-corrected chi connectivity index (χ1v) is 8.22. The largest absolute Gasteiger partial charge is 0.484 e. The molecule has 0 amide bonds. The van der Waals surface area contributed by atoms with E-state index in [1.807, 2.05) is 0 Å². The number of ketones is 1. The highest BCUT2D eigenvalue weighted by Gasteiger charge is 2.17. The molecule has 118 valence electrons. The molecule has 0 N–H and O–H groups in total. The third kappa shape index (κ3) is 3.27. The standard InChI is InChI=1S/C16H10Cl2O4S/c1-8-4-14-15(16(20)22-8)10(7-23-14)12(19)6-21-13-3-2-9(17)5-11(13)18/h2-5,7H,6H2,1H3. The maximum atomic E-state index is 12.3. The monoisotopic (exact) mass is 368 g/mol. The molecule has 3 rings (SSSR count). The Morgan fingerprint density at radius 3 is 2.83 bits per heavy atom. The van der Waals surface area contributed by atoms with Gasteiger partial charge < -0.3 is 9.15 Å². The number of fused-ring (bicyclic) bond motifs is 1. The second-order valence-corrected chi connectivity index (χ2v) is 6.57. The number of ether oxygens (including phenoxy) is 1. The first kappa shape index (κ1) is 16.1. The highest BCUT2D eigenvalue weighted by atomic mass is 35.5. The Balaban J connectivity index is 1.85. The number of benzene rings is 1. The maximum absolute atomic E-state index is 12.3. The number of rotatable bonds is 4. The molecule has 0 spiro atoms. The Bertz CT molecular complexity index is 958. The topological polar surface area (TPSA) is 56.5 Å². The van der Waals surface area contributed by atoms with Crippen LogP contribution in [0.4, 0.5) is 0 Å². The van der Waals surface area contributed by atoms with E-state index in [1.165, 1.54) is 17.4 Å². The summed E-state index contributed by atoms with van der Waals surface area (Å²) >= 11 is 13.1. The van der Waals surface area contributed by atoms with Gasteiger partial charge in [0.2, 0.25) is 5.78 Å². The van der Waals surface area contributed by atoms with Gasteiger partial charge in [0.1, 0.15) is 11.5 Å². The number of aryl methyl sites for hydroxylation is 1. The van der Waals surface area contributed by atoms with Crippen LogP contribution in [-0.4, -0.2) is 12.4 Å². The fourth-order valence-electron chi connectivity index (χ4n) is 2.12. The molecule has 0 saturated carbocycles. The SMILES string of the molecule is Cc1cc2scc(C(=O)COc3ccc(Cl)cc3Cl)c2c(=O)o1. The second kappa shape index (κ2) is 6.35. The van der Waals surface area contributed by atoms with Crippen molar-refractivity contribution >= 4 is 50.4 Å². The lowest BCUT2D eigenvalue weighted by atomic mass is 10.1. The normalized spacial score (nSPS) is 10.9. The third-order valence-electron chi connectivity index (χ3n) is 3.16. The molecular weight excluding hydrogens is 359 g/mol. The van der Waals surface area contributed by atoms with E-state index in [1.54, 1.807) is 30.5 Å². The van der Waals surface area contributed by atoms with Crippen LogP contribution in [0.2, 0.25) is 10.0 Å². The first-order chi connectivity index (χ1) is 11.0. The molecule has 4 nitrogen and oxygen atoms in total. The summed E-state index contributed by atoms with van der Waals surface area (Å²) in [5, 5.41) is 2.72. The van der Waals surface area contributed by atoms with Gasteiger partial charge in [0.25, 0.3) is 0 Å². The second-order valence-electron chi connectivity index (χ2n) is 4.82. The van der Waals surface area contributed by atoms with E-state index >= 15 is 0 Å². The zero-order valence-electron chi connectivity index (χ0n) is 11.9. The fourth-order valence-corrected chi connectivity index (χ4v) is 3.62. The molecule has 3 aromatic rings. The predicted octanol–water partition coefficient (Wildman–Crippen LogP) is 4.73. The molecule has 0 aliphatic heterocycles. The predicted molar refractivity (Wildman–Crippen MR) is 91.4 cm³/mol. The maximum Gasteiger partial charge on any atom is 0.345 e. The van der Waals surface area contributed by atoms with Gasteiger partial charge in [-0.25, -0.2) is 4.79 Å². The minimum Gasteiger partial charge on any atom is -0.484 e. The van der Waals surface area contributed by atoms with Crippen molar-refractivity contribution < 1.29 is 13.9 Å². The highest BCUT2D eigenvalue weighted by Crippen LogP contribution is 2.28. The summed E-state index contributed by atoms with van der Waals surface area (Å²) in [6, 6.07) is 6.46. The van der Waals surface area contributed by atoms with Gasteiger partial charge in [-0.1, -0.05) is 23.2 Å². The summed E-state index contributed by atoms with van der Waals surface area (Å²) in [6.07, 6.45) is 0. The Morgan fingerprint density at radius 1 is 1.30 bits per heavy atom. The number of hydrogen-bond acceptors (Lipinski definition) is 5. The highest BCUT2D eigenvalue weighted by molar-refractivity contribution is 7.17. The number of Topliss-reactive ketones (excluding diaryl/α,β-unsaturated/α-hetero) is 1. The van der Waals surface area contributed by atoms with Gasteiger partial charge in [-0.15, -0.1) is 11.3 Å². The van der Waals surface area contributed by atoms with E-state index in [0.29, 0.717) is 31.8 Å². The van der Waals surface area contributed by atoms with Crippen molar-refractivity contribution in [3.05, 3.63) is 61.4 Å². The average molecular weight is 369 g/mol. The number of halogens is 2. The van der Waals surface area contributed by atoms with Crippen LogP contribution in [0.5, 0.6) is 5.75 Å². The molecule has 0 radical (unpaired) electrons. The molecule has 0 bridgehead atoms. The van der Waals surface area contributed by atoms with E-state index in [2.05, 4.69) is 0 Å². The van der Waals surface area contributed by atoms with Crippen molar-refractivity contribution in [1.82, 2.24) is 0 Å². The van der Waals surface area contributed by atoms with E-state index in [9.17, 15) is 9.59 Å². The molecule has 1 aromatic carbocycles. The van der Waals surface area contributed by atoms with Crippen molar-refractivity contribution in [2.75, 3.05) is 6.61 Å². The lowest BCUT2D eigenvalue weighted by Crippen LogP contribution is -2.13. The van der Waals surface area contributed by atoms with E-state index in [4.69, 9.17) is 32.4 Å². The average Bonchev–Trinajstić information content (AvgIpc) is 2.90. The van der Waals surface area contributed by atoms with Gasteiger partial charge in [0.05, 0.1) is 10.4 Å². The summed E-state index contributed by atoms with van der Waals surface area (Å²) in [5.41, 5.74) is -0.224. The number of thiophene rings is 1. The van der Waals surface area contributed by atoms with Crippen LogP contribution in [0.1, 0.15) is 16.1 Å². The van der Waals surface area contributed by atoms with Gasteiger partial charge in [0.15, 0.2) is 6.61 Å². The molecular formula is C16H10Cl2O4S. The number of hydrogen-bond donors (Lipinski definition) is 0. The van der Waals surface area contributed by atoms with Crippen molar-refractivity contribution in [2.24, 2.45) is 0 Å². The van der Waals surface area contributed by atoms with E-state index in [-0.39, 0.29) is 17.8 Å². The summed E-state index contributed by atoms with van der Waals surface area (Å²) in [6.45, 7) is 1.45. The van der Waals surface area contributed by atoms with Crippen LogP contribution in [0.15, 0.2) is 38.9 Å². The Hall–Kier alpha value is -1.82. The molecule has 0 saturated heterocycles. The summed E-state index contributed by atoms with van der Waals surface area (Å²) in [5.74, 6) is 0.540. The van der Waals surface area contributed by atoms with E-state index < -0.39 is 5.63 Å². The zero-order chi connectivity index (χ0) is 16.6. The lowest BCUT2D eigenvalue weighted by molar-refractivity contribution is 0.0923. The van der Waals surface area contributed by atoms with E-state index in [0.717, 1.165) is 0 Å². The smallest absolute Gasteiger partial charge is 0.345 e. The summed E-state index contributed by atoms with van der Waals surface area (Å²) in [4.78, 5) is 24.3. The zero-order valence-corrected chi connectivity index (χ0v) is 14.2. The van der Waals surface area contributed by atoms with Gasteiger partial charge in [-0.2, -0.15) is 0 Å². The van der Waals surface area contributed by atoms with Crippen LogP contribution in [0.25, 0.3) is 10.1 Å². The van der Waals surface area contributed by atoms with Crippen LogP contribution in [-0.2, 0) is 0 Å². The van der Waals surface area contributed by atoms with Crippen molar-refractivity contribution in [2.45, 2.75) is 6.92 Å². The Morgan fingerprint density at radius 2 is 2.09 bits per heavy atom. The molecule has 7 heteroatoms.